The van der Waals surface area contributed by atoms with E-state index in [0.717, 1.165) is 19.5 Å². The van der Waals surface area contributed by atoms with Crippen LogP contribution in [0.25, 0.3) is 0 Å². The second-order valence-electron chi connectivity index (χ2n) is 6.89. The fourth-order valence-corrected chi connectivity index (χ4v) is 3.52. The highest BCUT2D eigenvalue weighted by molar-refractivity contribution is 5.77. The van der Waals surface area contributed by atoms with E-state index in [4.69, 9.17) is 5.73 Å². The summed E-state index contributed by atoms with van der Waals surface area (Å²) in [5.74, 6) is -0.212. The number of carbonyl (C=O) groups excluding carboxylic acids is 1. The summed E-state index contributed by atoms with van der Waals surface area (Å²) in [5.41, 5.74) is 7.93. The van der Waals surface area contributed by atoms with E-state index in [9.17, 15) is 9.18 Å². The topological polar surface area (TPSA) is 58.4 Å². The minimum absolute atomic E-state index is 0.0521. The van der Waals surface area contributed by atoms with Gasteiger partial charge in [-0.15, -0.1) is 0 Å². The van der Waals surface area contributed by atoms with Crippen LogP contribution in [0.5, 0.6) is 0 Å². The summed E-state index contributed by atoms with van der Waals surface area (Å²) in [6, 6.07) is 16.5. The van der Waals surface area contributed by atoms with Gasteiger partial charge in [0, 0.05) is 38.1 Å². The number of benzene rings is 2. The van der Waals surface area contributed by atoms with Gasteiger partial charge in [-0.3, -0.25) is 4.79 Å². The summed E-state index contributed by atoms with van der Waals surface area (Å²) in [5, 5.41) is 3.37. The molecule has 0 spiro atoms. The van der Waals surface area contributed by atoms with Crippen molar-refractivity contribution >= 4 is 5.91 Å². The van der Waals surface area contributed by atoms with Crippen LogP contribution in [-0.4, -0.2) is 42.5 Å². The fourth-order valence-electron chi connectivity index (χ4n) is 3.52. The third kappa shape index (κ3) is 4.90. The summed E-state index contributed by atoms with van der Waals surface area (Å²) in [6.45, 7) is 2.26. The molecule has 26 heavy (non-hydrogen) atoms. The van der Waals surface area contributed by atoms with E-state index in [-0.39, 0.29) is 30.2 Å². The van der Waals surface area contributed by atoms with Crippen LogP contribution in [0.15, 0.2) is 54.6 Å². The number of hydrogen-bond donors (Lipinski definition) is 2. The molecule has 3 N–H and O–H groups in total. The molecule has 0 bridgehead atoms. The lowest BCUT2D eigenvalue weighted by Crippen LogP contribution is -2.55. The number of piperazine rings is 1. The second-order valence-corrected chi connectivity index (χ2v) is 6.89. The predicted molar refractivity (Wildman–Crippen MR) is 101 cm³/mol. The van der Waals surface area contributed by atoms with Crippen molar-refractivity contribution in [3.63, 3.8) is 0 Å². The van der Waals surface area contributed by atoms with Gasteiger partial charge in [-0.2, -0.15) is 0 Å². The number of halogens is 1. The normalized spacial score (nSPS) is 18.5. The highest BCUT2D eigenvalue weighted by atomic mass is 19.1. The third-order valence-corrected chi connectivity index (χ3v) is 4.86. The molecule has 3 rings (SSSR count). The maximum absolute atomic E-state index is 13.8. The molecule has 0 radical (unpaired) electrons. The fraction of sp³-hybridized carbons (Fsp3) is 0.381. The Morgan fingerprint density at radius 1 is 1.19 bits per heavy atom. The number of nitrogens with zero attached hydrogens (tertiary/aromatic N) is 1. The first kappa shape index (κ1) is 18.5. The zero-order valence-electron chi connectivity index (χ0n) is 14.9. The second kappa shape index (κ2) is 8.92. The molecule has 1 amide bonds. The molecule has 138 valence electrons. The number of amides is 1. The van der Waals surface area contributed by atoms with Crippen molar-refractivity contribution in [2.45, 2.75) is 31.3 Å². The minimum atomic E-state index is -0.383. The van der Waals surface area contributed by atoms with E-state index in [0.29, 0.717) is 18.5 Å². The highest BCUT2D eigenvalue weighted by Crippen LogP contribution is 2.15. The Morgan fingerprint density at radius 3 is 2.69 bits per heavy atom. The molecule has 2 aromatic carbocycles. The molecule has 5 heteroatoms. The van der Waals surface area contributed by atoms with Crippen molar-refractivity contribution in [1.29, 1.82) is 0 Å². The van der Waals surface area contributed by atoms with Crippen LogP contribution in [-0.2, 0) is 17.6 Å². The van der Waals surface area contributed by atoms with Gasteiger partial charge in [0.2, 0.25) is 5.91 Å². The molecule has 0 saturated carbocycles. The van der Waals surface area contributed by atoms with E-state index >= 15 is 0 Å². The maximum atomic E-state index is 13.8. The molecule has 2 aromatic rings. The lowest BCUT2D eigenvalue weighted by atomic mass is 10.00. The SMILES string of the molecule is NC(CC(=O)N1CCNC[C@H]1Cc1ccccc1)Cc1ccccc1F. The predicted octanol–water partition coefficient (Wildman–Crippen LogP) is 2.13. The standard InChI is InChI=1S/C21H26FN3O/c22-20-9-5-4-8-17(20)13-18(23)14-21(26)25-11-10-24-15-19(25)12-16-6-2-1-3-7-16/h1-9,18-19,24H,10-15,23H2/t18?,19-/m1/s1. The summed E-state index contributed by atoms with van der Waals surface area (Å²) in [6.07, 6.45) is 1.43. The van der Waals surface area contributed by atoms with Crippen LogP contribution in [0.2, 0.25) is 0 Å². The van der Waals surface area contributed by atoms with Gasteiger partial charge in [0.05, 0.1) is 0 Å². The summed E-state index contributed by atoms with van der Waals surface area (Å²) < 4.78 is 13.8. The van der Waals surface area contributed by atoms with Crippen LogP contribution in [0, 0.1) is 5.82 Å². The van der Waals surface area contributed by atoms with E-state index < -0.39 is 0 Å². The van der Waals surface area contributed by atoms with Crippen LogP contribution < -0.4 is 11.1 Å². The van der Waals surface area contributed by atoms with Gasteiger partial charge in [0.15, 0.2) is 0 Å². The van der Waals surface area contributed by atoms with Gasteiger partial charge in [0.1, 0.15) is 5.82 Å². The van der Waals surface area contributed by atoms with Gasteiger partial charge >= 0.3 is 0 Å². The van der Waals surface area contributed by atoms with Gasteiger partial charge in [-0.25, -0.2) is 4.39 Å². The lowest BCUT2D eigenvalue weighted by Gasteiger charge is -2.37. The molecule has 1 heterocycles. The van der Waals surface area contributed by atoms with Gasteiger partial charge in [0.25, 0.3) is 0 Å². The molecular formula is C21H26FN3O. The number of carbonyl (C=O) groups is 1. The average Bonchev–Trinajstić information content (AvgIpc) is 2.65. The van der Waals surface area contributed by atoms with Gasteiger partial charge < -0.3 is 16.0 Å². The van der Waals surface area contributed by atoms with E-state index in [2.05, 4.69) is 17.4 Å². The molecule has 1 aliphatic heterocycles. The average molecular weight is 355 g/mol. The zero-order valence-corrected chi connectivity index (χ0v) is 14.9. The molecule has 1 fully saturated rings. The number of nitrogens with two attached hydrogens (primary N) is 1. The first-order valence-corrected chi connectivity index (χ1v) is 9.16. The highest BCUT2D eigenvalue weighted by Gasteiger charge is 2.27. The Morgan fingerprint density at radius 2 is 1.92 bits per heavy atom. The molecule has 4 nitrogen and oxygen atoms in total. The first-order chi connectivity index (χ1) is 12.6. The minimum Gasteiger partial charge on any atom is -0.337 e. The van der Waals surface area contributed by atoms with E-state index in [1.807, 2.05) is 23.1 Å². The van der Waals surface area contributed by atoms with Crippen molar-refractivity contribution < 1.29 is 9.18 Å². The Balaban J connectivity index is 1.60. The molecule has 1 aliphatic rings. The van der Waals surface area contributed by atoms with Crippen LogP contribution >= 0.6 is 0 Å². The molecule has 1 saturated heterocycles. The van der Waals surface area contributed by atoms with E-state index in [1.165, 1.54) is 11.6 Å². The smallest absolute Gasteiger partial charge is 0.224 e. The monoisotopic (exact) mass is 355 g/mol. The quantitative estimate of drug-likeness (QED) is 0.835. The third-order valence-electron chi connectivity index (χ3n) is 4.86. The molecule has 2 atom stereocenters. The van der Waals surface area contributed by atoms with Crippen molar-refractivity contribution in [2.75, 3.05) is 19.6 Å². The molecule has 0 aromatic heterocycles. The Hall–Kier alpha value is -2.24. The molecular weight excluding hydrogens is 329 g/mol. The first-order valence-electron chi connectivity index (χ1n) is 9.16. The largest absolute Gasteiger partial charge is 0.337 e. The van der Waals surface area contributed by atoms with Gasteiger partial charge in [-0.1, -0.05) is 48.5 Å². The van der Waals surface area contributed by atoms with Gasteiger partial charge in [-0.05, 0) is 30.0 Å². The number of rotatable bonds is 6. The Labute approximate surface area is 154 Å². The van der Waals surface area contributed by atoms with Crippen LogP contribution in [0.4, 0.5) is 4.39 Å². The zero-order chi connectivity index (χ0) is 18.4. The molecule has 0 aliphatic carbocycles. The van der Waals surface area contributed by atoms with Crippen molar-refractivity contribution in [3.05, 3.63) is 71.5 Å². The van der Waals surface area contributed by atoms with Crippen molar-refractivity contribution in [1.82, 2.24) is 10.2 Å². The van der Waals surface area contributed by atoms with Crippen LogP contribution in [0.1, 0.15) is 17.5 Å². The lowest BCUT2D eigenvalue weighted by molar-refractivity contribution is -0.134. The number of hydrogen-bond acceptors (Lipinski definition) is 3. The van der Waals surface area contributed by atoms with Crippen molar-refractivity contribution in [3.8, 4) is 0 Å². The Kier molecular flexibility index (Phi) is 6.36. The summed E-state index contributed by atoms with van der Waals surface area (Å²) >= 11 is 0. The molecule has 1 unspecified atom stereocenters. The van der Waals surface area contributed by atoms with Crippen LogP contribution in [0.3, 0.4) is 0 Å². The summed E-state index contributed by atoms with van der Waals surface area (Å²) in [4.78, 5) is 14.7. The number of nitrogens with one attached hydrogen (secondary N) is 1. The summed E-state index contributed by atoms with van der Waals surface area (Å²) in [7, 11) is 0. The maximum Gasteiger partial charge on any atom is 0.224 e. The van der Waals surface area contributed by atoms with E-state index in [1.54, 1.807) is 18.2 Å². The van der Waals surface area contributed by atoms with Crippen molar-refractivity contribution in [2.24, 2.45) is 5.73 Å². The Bertz CT molecular complexity index is 722.